The molecule has 2 aromatic carbocycles. The highest BCUT2D eigenvalue weighted by atomic mass is 32.2. The number of fused-ring (bicyclic) bond motifs is 1. The molecule has 1 aliphatic heterocycles. The van der Waals surface area contributed by atoms with Gasteiger partial charge in [-0.05, 0) is 42.8 Å². The van der Waals surface area contributed by atoms with Gasteiger partial charge in [-0.15, -0.1) is 11.3 Å². The Kier molecular flexibility index (Phi) is 4.84. The van der Waals surface area contributed by atoms with Crippen LogP contribution < -0.4 is 10.1 Å². The van der Waals surface area contributed by atoms with Crippen LogP contribution in [0.15, 0.2) is 48.5 Å². The highest BCUT2D eigenvalue weighted by molar-refractivity contribution is 7.91. The lowest BCUT2D eigenvalue weighted by molar-refractivity contribution is -0.123. The van der Waals surface area contributed by atoms with Crippen LogP contribution in [0.5, 0.6) is 5.75 Å². The summed E-state index contributed by atoms with van der Waals surface area (Å²) in [6.07, 6.45) is 0.463. The van der Waals surface area contributed by atoms with Gasteiger partial charge in [-0.2, -0.15) is 0 Å². The van der Waals surface area contributed by atoms with E-state index in [1.54, 1.807) is 23.5 Å². The molecule has 2 heterocycles. The molecule has 1 amide bonds. The lowest BCUT2D eigenvalue weighted by atomic mass is 10.2. The van der Waals surface area contributed by atoms with Crippen molar-refractivity contribution in [2.75, 3.05) is 18.1 Å². The van der Waals surface area contributed by atoms with E-state index in [1.165, 1.54) is 0 Å². The van der Waals surface area contributed by atoms with Gasteiger partial charge in [0, 0.05) is 11.6 Å². The first-order valence-corrected chi connectivity index (χ1v) is 11.2. The zero-order valence-corrected chi connectivity index (χ0v) is 16.1. The smallest absolute Gasteiger partial charge is 0.258 e. The molecule has 1 aromatic heterocycles. The third-order valence-electron chi connectivity index (χ3n) is 4.36. The molecule has 3 aromatic rings. The van der Waals surface area contributed by atoms with Gasteiger partial charge in [-0.1, -0.05) is 12.1 Å². The van der Waals surface area contributed by atoms with E-state index in [0.29, 0.717) is 12.2 Å². The number of benzene rings is 2. The molecule has 1 fully saturated rings. The van der Waals surface area contributed by atoms with Crippen molar-refractivity contribution in [2.45, 2.75) is 12.5 Å². The summed E-state index contributed by atoms with van der Waals surface area (Å²) in [5.74, 6) is 0.406. The number of hydrogen-bond donors (Lipinski definition) is 1. The molecule has 0 unspecified atom stereocenters. The number of aromatic nitrogens is 1. The van der Waals surface area contributed by atoms with Crippen LogP contribution in [0.4, 0.5) is 0 Å². The molecule has 140 valence electrons. The van der Waals surface area contributed by atoms with Crippen molar-refractivity contribution in [1.29, 1.82) is 0 Å². The lowest BCUT2D eigenvalue weighted by Gasteiger charge is -2.11. The van der Waals surface area contributed by atoms with Gasteiger partial charge in [0.05, 0.1) is 21.7 Å². The third kappa shape index (κ3) is 4.28. The fraction of sp³-hybridized carbons (Fsp3) is 0.263. The number of carbonyl (C=O) groups excluding carboxylic acids is 1. The van der Waals surface area contributed by atoms with Crippen molar-refractivity contribution in [2.24, 2.45) is 0 Å². The van der Waals surface area contributed by atoms with Gasteiger partial charge >= 0.3 is 0 Å². The van der Waals surface area contributed by atoms with Gasteiger partial charge in [0.1, 0.15) is 10.8 Å². The van der Waals surface area contributed by atoms with Crippen LogP contribution in [0.25, 0.3) is 20.8 Å². The van der Waals surface area contributed by atoms with E-state index < -0.39 is 9.84 Å². The monoisotopic (exact) mass is 402 g/mol. The van der Waals surface area contributed by atoms with E-state index in [4.69, 9.17) is 4.74 Å². The summed E-state index contributed by atoms with van der Waals surface area (Å²) in [7, 11) is -3.01. The first-order valence-electron chi connectivity index (χ1n) is 8.57. The highest BCUT2D eigenvalue weighted by Gasteiger charge is 2.28. The topological polar surface area (TPSA) is 85.4 Å². The number of hydrogen-bond acceptors (Lipinski definition) is 6. The SMILES string of the molecule is O=C(COc1ccc(-c2nc3ccccc3s2)cc1)N[C@H]1CCS(=O)(=O)C1. The minimum atomic E-state index is -3.01. The van der Waals surface area contributed by atoms with Crippen LogP contribution >= 0.6 is 11.3 Å². The Morgan fingerprint density at radius 3 is 2.67 bits per heavy atom. The zero-order valence-electron chi connectivity index (χ0n) is 14.4. The van der Waals surface area contributed by atoms with Gasteiger partial charge in [0.25, 0.3) is 5.91 Å². The van der Waals surface area contributed by atoms with Crippen LogP contribution in [0, 0.1) is 0 Å². The molecule has 0 radical (unpaired) electrons. The van der Waals surface area contributed by atoms with Crippen molar-refractivity contribution in [3.63, 3.8) is 0 Å². The number of sulfone groups is 1. The number of carbonyl (C=O) groups is 1. The maximum atomic E-state index is 11.9. The Labute approximate surface area is 161 Å². The molecule has 1 N–H and O–H groups in total. The van der Waals surface area contributed by atoms with Crippen molar-refractivity contribution in [1.82, 2.24) is 10.3 Å². The molecule has 1 atom stereocenters. The van der Waals surface area contributed by atoms with Crippen LogP contribution in [0.1, 0.15) is 6.42 Å². The molecule has 0 saturated carbocycles. The molecule has 4 rings (SSSR count). The van der Waals surface area contributed by atoms with Crippen LogP contribution in [0.2, 0.25) is 0 Å². The van der Waals surface area contributed by atoms with Gasteiger partial charge in [0.2, 0.25) is 0 Å². The summed E-state index contributed by atoms with van der Waals surface area (Å²) in [6.45, 7) is -0.142. The van der Waals surface area contributed by atoms with Crippen molar-refractivity contribution >= 4 is 37.3 Å². The predicted octanol–water partition coefficient (Wildman–Crippen LogP) is 2.65. The maximum absolute atomic E-state index is 11.9. The number of ether oxygens (including phenoxy) is 1. The number of para-hydroxylation sites is 1. The van der Waals surface area contributed by atoms with E-state index in [9.17, 15) is 13.2 Å². The molecule has 0 bridgehead atoms. The van der Waals surface area contributed by atoms with Crippen LogP contribution in [0.3, 0.4) is 0 Å². The number of rotatable bonds is 5. The van der Waals surface area contributed by atoms with E-state index >= 15 is 0 Å². The van der Waals surface area contributed by atoms with Gasteiger partial charge in [-0.25, -0.2) is 13.4 Å². The molecular formula is C19H18N2O4S2. The Bertz CT molecular complexity index is 1040. The van der Waals surface area contributed by atoms with E-state index in [1.807, 2.05) is 36.4 Å². The summed E-state index contributed by atoms with van der Waals surface area (Å²) < 4.78 is 29.5. The fourth-order valence-corrected chi connectivity index (χ4v) is 5.66. The van der Waals surface area contributed by atoms with Crippen molar-refractivity contribution in [3.8, 4) is 16.3 Å². The Balaban J connectivity index is 1.34. The van der Waals surface area contributed by atoms with E-state index in [2.05, 4.69) is 10.3 Å². The second-order valence-corrected chi connectivity index (χ2v) is 9.73. The molecule has 0 spiro atoms. The number of nitrogens with one attached hydrogen (secondary N) is 1. The Hall–Kier alpha value is -2.45. The molecular weight excluding hydrogens is 384 g/mol. The number of amides is 1. The first kappa shape index (κ1) is 17.9. The zero-order chi connectivity index (χ0) is 18.9. The molecule has 27 heavy (non-hydrogen) atoms. The summed E-state index contributed by atoms with van der Waals surface area (Å²) in [5, 5.41) is 3.64. The summed E-state index contributed by atoms with van der Waals surface area (Å²) in [5.41, 5.74) is 1.97. The molecule has 1 saturated heterocycles. The third-order valence-corrected chi connectivity index (χ3v) is 7.22. The molecule has 8 heteroatoms. The average molecular weight is 402 g/mol. The first-order chi connectivity index (χ1) is 13.0. The largest absolute Gasteiger partial charge is 0.484 e. The Morgan fingerprint density at radius 2 is 1.96 bits per heavy atom. The highest BCUT2D eigenvalue weighted by Crippen LogP contribution is 2.30. The van der Waals surface area contributed by atoms with Gasteiger partial charge < -0.3 is 10.1 Å². The van der Waals surface area contributed by atoms with Crippen LogP contribution in [-0.2, 0) is 14.6 Å². The molecule has 0 aliphatic carbocycles. The Morgan fingerprint density at radius 1 is 1.19 bits per heavy atom. The molecule has 1 aliphatic rings. The standard InChI is InChI=1S/C19H18N2O4S2/c22-18(20-14-9-10-27(23,24)12-14)11-25-15-7-5-13(6-8-15)19-21-16-3-1-2-4-17(16)26-19/h1-8,14H,9-12H2,(H,20,22)/t14-/m0/s1. The normalized spacial score (nSPS) is 18.4. The second kappa shape index (κ2) is 7.28. The lowest BCUT2D eigenvalue weighted by Crippen LogP contribution is -2.38. The summed E-state index contributed by atoms with van der Waals surface area (Å²) in [4.78, 5) is 16.6. The average Bonchev–Trinajstić information content (AvgIpc) is 3.23. The minimum absolute atomic E-state index is 0.00953. The number of nitrogens with zero attached hydrogens (tertiary/aromatic N) is 1. The van der Waals surface area contributed by atoms with Crippen molar-refractivity contribution in [3.05, 3.63) is 48.5 Å². The second-order valence-electron chi connectivity index (χ2n) is 6.47. The maximum Gasteiger partial charge on any atom is 0.258 e. The van der Waals surface area contributed by atoms with Gasteiger partial charge in [0.15, 0.2) is 16.4 Å². The van der Waals surface area contributed by atoms with E-state index in [0.717, 1.165) is 20.8 Å². The quantitative estimate of drug-likeness (QED) is 0.709. The van der Waals surface area contributed by atoms with Crippen LogP contribution in [-0.4, -0.2) is 43.5 Å². The predicted molar refractivity (Wildman–Crippen MR) is 106 cm³/mol. The minimum Gasteiger partial charge on any atom is -0.484 e. The molecule has 6 nitrogen and oxygen atoms in total. The summed E-state index contributed by atoms with van der Waals surface area (Å²) >= 11 is 1.63. The van der Waals surface area contributed by atoms with Gasteiger partial charge in [-0.3, -0.25) is 4.79 Å². The number of thiazole rings is 1. The summed E-state index contributed by atoms with van der Waals surface area (Å²) in [6, 6.07) is 15.1. The van der Waals surface area contributed by atoms with E-state index in [-0.39, 0.29) is 30.1 Å². The fourth-order valence-electron chi connectivity index (χ4n) is 3.02. The van der Waals surface area contributed by atoms with Crippen molar-refractivity contribution < 1.29 is 17.9 Å².